The first-order valence-corrected chi connectivity index (χ1v) is 9.75. The summed E-state index contributed by atoms with van der Waals surface area (Å²) in [7, 11) is 0. The zero-order valence-electron chi connectivity index (χ0n) is 14.7. The number of piperazine rings is 1. The van der Waals surface area contributed by atoms with Crippen LogP contribution in [0.15, 0.2) is 22.2 Å². The van der Waals surface area contributed by atoms with Crippen molar-refractivity contribution in [2.75, 3.05) is 26.2 Å². The lowest BCUT2D eigenvalue weighted by Crippen LogP contribution is -2.56. The lowest BCUT2D eigenvalue weighted by atomic mass is 10.1. The van der Waals surface area contributed by atoms with Gasteiger partial charge in [-0.05, 0) is 30.2 Å². The normalized spacial score (nSPS) is 23.2. The van der Waals surface area contributed by atoms with E-state index < -0.39 is 28.8 Å². The Bertz CT molecular complexity index is 836. The highest BCUT2D eigenvalue weighted by Crippen LogP contribution is 2.43. The maximum Gasteiger partial charge on any atom is 0.416 e. The summed E-state index contributed by atoms with van der Waals surface area (Å²) in [5, 5.41) is 5.40. The van der Waals surface area contributed by atoms with E-state index in [-0.39, 0.29) is 22.3 Å². The molecule has 4 rings (SSSR count). The Morgan fingerprint density at radius 1 is 1.18 bits per heavy atom. The molecule has 0 bridgehead atoms. The van der Waals surface area contributed by atoms with Crippen LogP contribution in [-0.2, 0) is 11.0 Å². The Kier molecular flexibility index (Phi) is 4.82. The minimum Gasteiger partial charge on any atom is -0.340 e. The van der Waals surface area contributed by atoms with Gasteiger partial charge in [0.25, 0.3) is 5.91 Å². The average Bonchev–Trinajstić information content (AvgIpc) is 3.51. The molecule has 7 nitrogen and oxygen atoms in total. The molecule has 1 saturated carbocycles. The molecule has 1 atom stereocenters. The van der Waals surface area contributed by atoms with E-state index in [1.165, 1.54) is 0 Å². The number of thioether (sulfide) groups is 1. The van der Waals surface area contributed by atoms with E-state index in [1.54, 1.807) is 0 Å². The lowest BCUT2D eigenvalue weighted by molar-refractivity contribution is -0.137. The largest absolute Gasteiger partial charge is 0.416 e. The number of carbonyl (C=O) groups excluding carboxylic acids is 2. The second kappa shape index (κ2) is 7.03. The SMILES string of the molecule is O=Nc1cc(C(F)(F)F)cc2c1SC(N1CCN(C(=O)C3CC3)CC1)NC2=O. The van der Waals surface area contributed by atoms with Crippen LogP contribution in [-0.4, -0.2) is 53.3 Å². The second-order valence-corrected chi connectivity index (χ2v) is 8.13. The van der Waals surface area contributed by atoms with E-state index >= 15 is 0 Å². The van der Waals surface area contributed by atoms with Gasteiger partial charge < -0.3 is 10.2 Å². The first kappa shape index (κ1) is 19.2. The van der Waals surface area contributed by atoms with Gasteiger partial charge in [0.05, 0.1) is 16.0 Å². The van der Waals surface area contributed by atoms with Crippen LogP contribution >= 0.6 is 11.8 Å². The fourth-order valence-electron chi connectivity index (χ4n) is 3.40. The third kappa shape index (κ3) is 3.60. The van der Waals surface area contributed by atoms with Gasteiger partial charge in [0, 0.05) is 32.1 Å². The third-order valence-electron chi connectivity index (χ3n) is 5.11. The van der Waals surface area contributed by atoms with E-state index in [9.17, 15) is 27.7 Å². The van der Waals surface area contributed by atoms with Crippen molar-refractivity contribution >= 4 is 29.3 Å². The molecular weight excluding hydrogens is 397 g/mol. The van der Waals surface area contributed by atoms with Crippen molar-refractivity contribution in [1.29, 1.82) is 0 Å². The minimum absolute atomic E-state index is 0.145. The molecule has 11 heteroatoms. The molecule has 1 unspecified atom stereocenters. The number of rotatable bonds is 3. The molecule has 2 amide bonds. The number of alkyl halides is 3. The van der Waals surface area contributed by atoms with Crippen molar-refractivity contribution in [3.8, 4) is 0 Å². The van der Waals surface area contributed by atoms with Gasteiger partial charge >= 0.3 is 6.18 Å². The summed E-state index contributed by atoms with van der Waals surface area (Å²) in [6, 6.07) is 1.41. The topological polar surface area (TPSA) is 82.1 Å². The minimum atomic E-state index is -4.68. The molecule has 0 radical (unpaired) electrons. The molecule has 2 aliphatic heterocycles. The van der Waals surface area contributed by atoms with Gasteiger partial charge in [0.1, 0.15) is 11.2 Å². The summed E-state index contributed by atoms with van der Waals surface area (Å²) < 4.78 is 39.0. The van der Waals surface area contributed by atoms with E-state index in [4.69, 9.17) is 0 Å². The number of nitrogens with zero attached hydrogens (tertiary/aromatic N) is 3. The first-order valence-electron chi connectivity index (χ1n) is 8.87. The Morgan fingerprint density at radius 3 is 2.43 bits per heavy atom. The number of amides is 2. The van der Waals surface area contributed by atoms with Gasteiger partial charge in [-0.15, -0.1) is 4.91 Å². The molecule has 28 heavy (non-hydrogen) atoms. The van der Waals surface area contributed by atoms with Crippen LogP contribution in [0.1, 0.15) is 28.8 Å². The van der Waals surface area contributed by atoms with Gasteiger partial charge in [-0.25, -0.2) is 0 Å². The zero-order chi connectivity index (χ0) is 20.1. The average molecular weight is 414 g/mol. The van der Waals surface area contributed by atoms with E-state index in [2.05, 4.69) is 10.5 Å². The van der Waals surface area contributed by atoms with Crippen molar-refractivity contribution in [2.45, 2.75) is 29.4 Å². The van der Waals surface area contributed by atoms with Crippen molar-refractivity contribution in [1.82, 2.24) is 15.1 Å². The maximum atomic E-state index is 13.0. The van der Waals surface area contributed by atoms with Crippen molar-refractivity contribution in [2.24, 2.45) is 11.1 Å². The zero-order valence-corrected chi connectivity index (χ0v) is 15.5. The number of carbonyl (C=O) groups is 2. The Labute approximate surface area is 162 Å². The number of nitroso groups, excluding NO2 is 1. The van der Waals surface area contributed by atoms with Crippen LogP contribution in [0, 0.1) is 10.8 Å². The summed E-state index contributed by atoms with van der Waals surface area (Å²) in [5.41, 5.74) is -2.21. The molecule has 0 aromatic heterocycles. The van der Waals surface area contributed by atoms with Crippen molar-refractivity contribution in [3.63, 3.8) is 0 Å². The van der Waals surface area contributed by atoms with E-state index in [0.717, 1.165) is 30.7 Å². The van der Waals surface area contributed by atoms with E-state index in [1.807, 2.05) is 9.80 Å². The predicted octanol–water partition coefficient (Wildman–Crippen LogP) is 2.78. The molecule has 1 N–H and O–H groups in total. The Morgan fingerprint density at radius 2 is 1.86 bits per heavy atom. The molecule has 1 saturated heterocycles. The number of nitrogens with one attached hydrogen (secondary N) is 1. The van der Waals surface area contributed by atoms with E-state index in [0.29, 0.717) is 32.2 Å². The lowest BCUT2D eigenvalue weighted by Gasteiger charge is -2.40. The van der Waals surface area contributed by atoms with Crippen LogP contribution < -0.4 is 5.32 Å². The number of fused-ring (bicyclic) bond motifs is 1. The Hall–Kier alpha value is -2.14. The number of hydrogen-bond acceptors (Lipinski definition) is 6. The smallest absolute Gasteiger partial charge is 0.340 e. The van der Waals surface area contributed by atoms with Crippen LogP contribution in [0.25, 0.3) is 0 Å². The summed E-state index contributed by atoms with van der Waals surface area (Å²) in [6.45, 7) is 2.11. The van der Waals surface area contributed by atoms with Crippen molar-refractivity contribution < 1.29 is 22.8 Å². The summed E-state index contributed by atoms with van der Waals surface area (Å²) >= 11 is 1.10. The quantitative estimate of drug-likeness (QED) is 0.770. The van der Waals surface area contributed by atoms with Gasteiger partial charge in [-0.3, -0.25) is 14.5 Å². The molecule has 2 heterocycles. The number of halogens is 3. The molecule has 1 aromatic rings. The molecule has 150 valence electrons. The summed E-state index contributed by atoms with van der Waals surface area (Å²) in [6.07, 6.45) is -2.81. The predicted molar refractivity (Wildman–Crippen MR) is 94.9 cm³/mol. The maximum absolute atomic E-state index is 13.0. The van der Waals surface area contributed by atoms with Crippen LogP contribution in [0.2, 0.25) is 0 Å². The monoisotopic (exact) mass is 414 g/mol. The first-order chi connectivity index (χ1) is 13.3. The molecule has 1 aromatic carbocycles. The number of hydrogen-bond donors (Lipinski definition) is 1. The fourth-order valence-corrected chi connectivity index (χ4v) is 4.64. The highest BCUT2D eigenvalue weighted by atomic mass is 32.2. The Balaban J connectivity index is 1.51. The van der Waals surface area contributed by atoms with Crippen LogP contribution in [0.3, 0.4) is 0 Å². The fraction of sp³-hybridized carbons (Fsp3) is 0.529. The van der Waals surface area contributed by atoms with Crippen LogP contribution in [0.4, 0.5) is 18.9 Å². The van der Waals surface area contributed by atoms with Crippen molar-refractivity contribution in [3.05, 3.63) is 28.2 Å². The van der Waals surface area contributed by atoms with Gasteiger partial charge in [-0.1, -0.05) is 11.8 Å². The molecule has 3 aliphatic rings. The van der Waals surface area contributed by atoms with Crippen LogP contribution in [0.5, 0.6) is 0 Å². The molecule has 2 fully saturated rings. The molecular formula is C17H17F3N4O3S. The molecule has 1 aliphatic carbocycles. The third-order valence-corrected chi connectivity index (χ3v) is 6.41. The summed E-state index contributed by atoms with van der Waals surface area (Å²) in [5.74, 6) is -0.366. The number of benzene rings is 1. The molecule has 0 spiro atoms. The highest BCUT2D eigenvalue weighted by molar-refractivity contribution is 8.00. The van der Waals surface area contributed by atoms with Gasteiger partial charge in [0.2, 0.25) is 5.91 Å². The van der Waals surface area contributed by atoms with Gasteiger partial charge in [-0.2, -0.15) is 13.2 Å². The summed E-state index contributed by atoms with van der Waals surface area (Å²) in [4.78, 5) is 39.6. The highest BCUT2D eigenvalue weighted by Gasteiger charge is 2.39. The standard InChI is InChI=1S/C17H17F3N4O3S/c18-17(19,20)10-7-11-13(12(8-10)22-27)28-16(21-14(11)25)24-5-3-23(4-6-24)15(26)9-1-2-9/h7-9,16H,1-6H2,(H,21,25). The van der Waals surface area contributed by atoms with Gasteiger partial charge in [0.15, 0.2) is 0 Å². The second-order valence-electron chi connectivity index (χ2n) is 7.04.